The van der Waals surface area contributed by atoms with E-state index in [1.165, 1.54) is 6.20 Å². The number of allylic oxidation sites excluding steroid dienone is 1. The third-order valence-electron chi connectivity index (χ3n) is 4.38. The van der Waals surface area contributed by atoms with Gasteiger partial charge in [0.2, 0.25) is 0 Å². The molecule has 0 spiro atoms. The van der Waals surface area contributed by atoms with E-state index in [0.29, 0.717) is 16.8 Å². The average molecular weight is 425 g/mol. The van der Waals surface area contributed by atoms with Gasteiger partial charge in [-0.1, -0.05) is 40.2 Å². The second-order valence-electron chi connectivity index (χ2n) is 6.14. The number of carbonyl (C=O) groups is 1. The van der Waals surface area contributed by atoms with Crippen LogP contribution in [0.15, 0.2) is 65.5 Å². The molecule has 0 fully saturated rings. The molecule has 0 N–H and O–H groups in total. The fraction of sp³-hybridized carbons (Fsp3) is 0.136. The molecule has 136 valence electrons. The second kappa shape index (κ2) is 8.35. The quantitative estimate of drug-likeness (QED) is 0.503. The fourth-order valence-corrected chi connectivity index (χ4v) is 3.12. The van der Waals surface area contributed by atoms with E-state index in [1.54, 1.807) is 13.1 Å². The third-order valence-corrected chi connectivity index (χ3v) is 4.90. The molecule has 3 rings (SSSR count). The topological polar surface area (TPSA) is 42.9 Å². The summed E-state index contributed by atoms with van der Waals surface area (Å²) < 4.78 is 14.6. The number of aromatic nitrogens is 2. The molecule has 0 saturated heterocycles. The number of hydrogen-bond donors (Lipinski definition) is 0. The van der Waals surface area contributed by atoms with Gasteiger partial charge in [-0.3, -0.25) is 14.8 Å². The van der Waals surface area contributed by atoms with E-state index in [2.05, 4.69) is 25.9 Å². The molecule has 3 aromatic rings. The maximum Gasteiger partial charge on any atom is 0.170 e. The van der Waals surface area contributed by atoms with E-state index in [0.717, 1.165) is 27.4 Å². The number of halogens is 2. The van der Waals surface area contributed by atoms with Gasteiger partial charge in [0.1, 0.15) is 5.82 Å². The minimum absolute atomic E-state index is 0.107. The molecule has 0 aliphatic rings. The van der Waals surface area contributed by atoms with Gasteiger partial charge in [-0.05, 0) is 48.7 Å². The van der Waals surface area contributed by atoms with Gasteiger partial charge in [-0.2, -0.15) is 0 Å². The van der Waals surface area contributed by atoms with Crippen LogP contribution in [-0.4, -0.2) is 15.8 Å². The summed E-state index contributed by atoms with van der Waals surface area (Å²) in [6.07, 6.45) is 6.42. The summed E-state index contributed by atoms with van der Waals surface area (Å²) >= 11 is 3.44. The van der Waals surface area contributed by atoms with Crippen molar-refractivity contribution in [2.75, 3.05) is 0 Å². The van der Waals surface area contributed by atoms with E-state index >= 15 is 0 Å². The van der Waals surface area contributed by atoms with Crippen LogP contribution in [0.1, 0.15) is 39.7 Å². The lowest BCUT2D eigenvalue weighted by atomic mass is 9.98. The molecule has 1 aromatic carbocycles. The Kier molecular flexibility index (Phi) is 5.91. The van der Waals surface area contributed by atoms with Crippen molar-refractivity contribution >= 4 is 27.3 Å². The Labute approximate surface area is 166 Å². The van der Waals surface area contributed by atoms with Crippen molar-refractivity contribution in [3.05, 3.63) is 99.3 Å². The zero-order chi connectivity index (χ0) is 19.4. The van der Waals surface area contributed by atoms with Crippen LogP contribution in [0.5, 0.6) is 0 Å². The molecule has 27 heavy (non-hydrogen) atoms. The van der Waals surface area contributed by atoms with Crippen LogP contribution >= 0.6 is 15.9 Å². The first-order valence-electron chi connectivity index (χ1n) is 8.50. The fourth-order valence-electron chi connectivity index (χ4n) is 2.86. The average Bonchev–Trinajstić information content (AvgIpc) is 2.67. The first-order chi connectivity index (χ1) is 13.0. The van der Waals surface area contributed by atoms with Crippen LogP contribution < -0.4 is 0 Å². The number of rotatable bonds is 5. The first kappa shape index (κ1) is 19.1. The largest absolute Gasteiger partial charge is 0.294 e. The molecule has 0 saturated carbocycles. The Balaban J connectivity index is 1.79. The van der Waals surface area contributed by atoms with Crippen LogP contribution in [0.2, 0.25) is 0 Å². The summed E-state index contributed by atoms with van der Waals surface area (Å²) in [5, 5.41) is 0. The van der Waals surface area contributed by atoms with Crippen molar-refractivity contribution in [2.45, 2.75) is 20.3 Å². The summed E-state index contributed by atoms with van der Waals surface area (Å²) in [5.74, 6) is -0.671. The molecule has 0 aliphatic carbocycles. The molecule has 0 aliphatic heterocycles. The summed E-state index contributed by atoms with van der Waals surface area (Å²) in [4.78, 5) is 20.6. The zero-order valence-electron chi connectivity index (χ0n) is 15.0. The van der Waals surface area contributed by atoms with Crippen molar-refractivity contribution < 1.29 is 9.18 Å². The summed E-state index contributed by atoms with van der Waals surface area (Å²) in [6, 6.07) is 11.8. The van der Waals surface area contributed by atoms with E-state index < -0.39 is 5.82 Å². The highest BCUT2D eigenvalue weighted by Crippen LogP contribution is 2.24. The number of pyridine rings is 2. The minimum atomic E-state index is -0.476. The Morgan fingerprint density at radius 2 is 1.78 bits per heavy atom. The van der Waals surface area contributed by atoms with Gasteiger partial charge in [-0.15, -0.1) is 0 Å². The molecule has 0 unspecified atom stereocenters. The smallest absolute Gasteiger partial charge is 0.170 e. The maximum absolute atomic E-state index is 13.6. The normalized spacial score (nSPS) is 11.5. The predicted molar refractivity (Wildman–Crippen MR) is 108 cm³/mol. The molecule has 3 nitrogen and oxygen atoms in total. The van der Waals surface area contributed by atoms with Crippen molar-refractivity contribution in [1.29, 1.82) is 0 Å². The number of hydrogen-bond acceptors (Lipinski definition) is 3. The van der Waals surface area contributed by atoms with Crippen LogP contribution in [0, 0.1) is 12.7 Å². The molecule has 2 aromatic heterocycles. The second-order valence-corrected chi connectivity index (χ2v) is 7.06. The van der Waals surface area contributed by atoms with Gasteiger partial charge in [0, 0.05) is 33.7 Å². The summed E-state index contributed by atoms with van der Waals surface area (Å²) in [6.45, 7) is 3.56. The number of benzene rings is 1. The Morgan fingerprint density at radius 1 is 1.07 bits per heavy atom. The number of Topliss-reactive ketones (excluding diaryl/α,β-unsaturated/α-hetero) is 1. The predicted octanol–water partition coefficient (Wildman–Crippen LogP) is 5.56. The van der Waals surface area contributed by atoms with Gasteiger partial charge < -0.3 is 0 Å². The summed E-state index contributed by atoms with van der Waals surface area (Å²) in [5.41, 5.74) is 4.38. The molecule has 0 bridgehead atoms. The first-order valence-corrected chi connectivity index (χ1v) is 9.29. The van der Waals surface area contributed by atoms with Crippen molar-refractivity contribution in [3.63, 3.8) is 0 Å². The third kappa shape index (κ3) is 4.37. The molecular formula is C22H18BrFN2O. The standard InChI is InChI=1S/C22H18BrFN2O/c1-3-19(15-4-7-17(23)8-5-15)16-6-9-18(26-11-16)10-22(27)20-12-25-13-21(24)14(20)2/h3-9,11-13H,10H2,1-2H3/b19-3-. The van der Waals surface area contributed by atoms with Crippen LogP contribution in [0.4, 0.5) is 4.39 Å². The number of ketones is 1. The monoisotopic (exact) mass is 424 g/mol. The van der Waals surface area contributed by atoms with E-state index in [9.17, 15) is 9.18 Å². The number of carbonyl (C=O) groups excluding carboxylic acids is 1. The lowest BCUT2D eigenvalue weighted by molar-refractivity contribution is 0.0990. The highest BCUT2D eigenvalue weighted by molar-refractivity contribution is 9.10. The lowest BCUT2D eigenvalue weighted by Gasteiger charge is -2.09. The maximum atomic E-state index is 13.6. The van der Waals surface area contributed by atoms with Crippen LogP contribution in [0.3, 0.4) is 0 Å². The highest BCUT2D eigenvalue weighted by atomic mass is 79.9. The molecular weight excluding hydrogens is 407 g/mol. The molecule has 2 heterocycles. The lowest BCUT2D eigenvalue weighted by Crippen LogP contribution is -2.09. The van der Waals surface area contributed by atoms with E-state index in [-0.39, 0.29) is 12.2 Å². The van der Waals surface area contributed by atoms with Gasteiger partial charge in [-0.25, -0.2) is 4.39 Å². The van der Waals surface area contributed by atoms with Crippen LogP contribution in [-0.2, 0) is 6.42 Å². The summed E-state index contributed by atoms with van der Waals surface area (Å²) in [7, 11) is 0. The number of nitrogens with zero attached hydrogens (tertiary/aromatic N) is 2. The van der Waals surface area contributed by atoms with E-state index in [4.69, 9.17) is 0 Å². The molecule has 0 amide bonds. The van der Waals surface area contributed by atoms with Gasteiger partial charge in [0.25, 0.3) is 0 Å². The Bertz CT molecular complexity index is 996. The van der Waals surface area contributed by atoms with Gasteiger partial charge in [0.15, 0.2) is 5.78 Å². The van der Waals surface area contributed by atoms with Crippen molar-refractivity contribution in [1.82, 2.24) is 9.97 Å². The minimum Gasteiger partial charge on any atom is -0.294 e. The Hall–Kier alpha value is -2.66. The SMILES string of the molecule is C/C=C(/c1ccc(Br)cc1)c1ccc(CC(=O)c2cncc(F)c2C)nc1. The van der Waals surface area contributed by atoms with E-state index in [1.807, 2.05) is 49.4 Å². The molecule has 5 heteroatoms. The zero-order valence-corrected chi connectivity index (χ0v) is 16.6. The Morgan fingerprint density at radius 3 is 2.41 bits per heavy atom. The van der Waals surface area contributed by atoms with Crippen molar-refractivity contribution in [3.8, 4) is 0 Å². The molecule has 0 radical (unpaired) electrons. The van der Waals surface area contributed by atoms with Crippen LogP contribution in [0.25, 0.3) is 5.57 Å². The van der Waals surface area contributed by atoms with Gasteiger partial charge >= 0.3 is 0 Å². The molecule has 0 atom stereocenters. The van der Waals surface area contributed by atoms with Crippen molar-refractivity contribution in [2.24, 2.45) is 0 Å². The highest BCUT2D eigenvalue weighted by Gasteiger charge is 2.14. The van der Waals surface area contributed by atoms with Gasteiger partial charge in [0.05, 0.1) is 12.6 Å².